The van der Waals surface area contributed by atoms with Crippen molar-refractivity contribution in [3.8, 4) is 11.5 Å². The molecule has 29 heavy (non-hydrogen) atoms. The number of benzene rings is 2. The Morgan fingerprint density at radius 1 is 1.00 bits per heavy atom. The van der Waals surface area contributed by atoms with Gasteiger partial charge in [-0.2, -0.15) is 0 Å². The van der Waals surface area contributed by atoms with Gasteiger partial charge in [0.05, 0.1) is 30.6 Å². The normalized spacial score (nSPS) is 11.6. The second kappa shape index (κ2) is 7.25. The third kappa shape index (κ3) is 3.13. The molecule has 150 valence electrons. The molecule has 0 spiro atoms. The Kier molecular flexibility index (Phi) is 4.76. The molecule has 0 saturated carbocycles. The Bertz CT molecular complexity index is 1290. The van der Waals surface area contributed by atoms with E-state index in [1.165, 1.54) is 0 Å². The van der Waals surface area contributed by atoms with E-state index in [4.69, 9.17) is 15.2 Å². The van der Waals surface area contributed by atoms with E-state index in [1.807, 2.05) is 42.9 Å². The first-order chi connectivity index (χ1) is 13.9. The minimum Gasteiger partial charge on any atom is -0.493 e. The predicted molar refractivity (Wildman–Crippen MR) is 117 cm³/mol. The monoisotopic (exact) mass is 392 g/mol. The molecule has 2 aromatic carbocycles. The highest BCUT2D eigenvalue weighted by molar-refractivity contribution is 6.14. The van der Waals surface area contributed by atoms with Crippen LogP contribution in [-0.2, 0) is 6.54 Å². The van der Waals surface area contributed by atoms with Crippen LogP contribution in [0.2, 0.25) is 0 Å². The quantitative estimate of drug-likeness (QED) is 0.415. The first-order valence-corrected chi connectivity index (χ1v) is 9.35. The first kappa shape index (κ1) is 19.0. The zero-order valence-electron chi connectivity index (χ0n) is 17.0. The van der Waals surface area contributed by atoms with Crippen molar-refractivity contribution in [2.45, 2.75) is 6.54 Å². The predicted octanol–water partition coefficient (Wildman–Crippen LogP) is 2.86. The molecule has 2 aromatic heterocycles. The molecule has 4 aromatic rings. The number of rotatable bonds is 5. The minimum atomic E-state index is -0.0698. The van der Waals surface area contributed by atoms with Gasteiger partial charge in [-0.3, -0.25) is 9.78 Å². The second-order valence-corrected chi connectivity index (χ2v) is 7.31. The molecule has 0 fully saturated rings. The van der Waals surface area contributed by atoms with Gasteiger partial charge < -0.3 is 24.7 Å². The van der Waals surface area contributed by atoms with E-state index in [2.05, 4.69) is 9.88 Å². The molecule has 2 heterocycles. The van der Waals surface area contributed by atoms with Gasteiger partial charge in [0.1, 0.15) is 0 Å². The Morgan fingerprint density at radius 2 is 1.69 bits per heavy atom. The second-order valence-electron chi connectivity index (χ2n) is 7.31. The van der Waals surface area contributed by atoms with E-state index < -0.39 is 0 Å². The molecule has 0 unspecified atom stereocenters. The van der Waals surface area contributed by atoms with Crippen molar-refractivity contribution in [2.75, 3.05) is 40.6 Å². The van der Waals surface area contributed by atoms with Crippen LogP contribution in [0.5, 0.6) is 11.5 Å². The van der Waals surface area contributed by atoms with Crippen LogP contribution in [0.15, 0.2) is 41.3 Å². The van der Waals surface area contributed by atoms with Gasteiger partial charge in [0.2, 0.25) is 0 Å². The number of hydrogen-bond acceptors (Lipinski definition) is 6. The maximum absolute atomic E-state index is 13.5. The van der Waals surface area contributed by atoms with Crippen LogP contribution in [0.4, 0.5) is 5.69 Å². The highest BCUT2D eigenvalue weighted by Crippen LogP contribution is 2.35. The number of nitrogens with zero attached hydrogens (tertiary/aromatic N) is 3. The summed E-state index contributed by atoms with van der Waals surface area (Å²) in [7, 11) is 7.13. The van der Waals surface area contributed by atoms with Crippen LogP contribution in [0.25, 0.3) is 32.6 Å². The third-order valence-corrected chi connectivity index (χ3v) is 5.19. The lowest BCUT2D eigenvalue weighted by molar-refractivity contribution is 0.356. The topological polar surface area (TPSA) is 82.6 Å². The van der Waals surface area contributed by atoms with Crippen molar-refractivity contribution in [1.29, 1.82) is 0 Å². The smallest absolute Gasteiger partial charge is 0.259 e. The lowest BCUT2D eigenvalue weighted by Crippen LogP contribution is -2.27. The minimum absolute atomic E-state index is 0.0698. The summed E-state index contributed by atoms with van der Waals surface area (Å²) in [6.45, 7) is 1.28. The van der Waals surface area contributed by atoms with E-state index >= 15 is 0 Å². The average molecular weight is 392 g/mol. The highest BCUT2D eigenvalue weighted by atomic mass is 16.5. The fourth-order valence-corrected chi connectivity index (χ4v) is 3.72. The number of nitrogen functional groups attached to an aromatic ring is 1. The summed E-state index contributed by atoms with van der Waals surface area (Å²) in [5.41, 5.74) is 8.13. The van der Waals surface area contributed by atoms with Crippen molar-refractivity contribution in [3.63, 3.8) is 0 Å². The van der Waals surface area contributed by atoms with Crippen LogP contribution in [0, 0.1) is 0 Å². The van der Waals surface area contributed by atoms with E-state index in [9.17, 15) is 4.79 Å². The summed E-state index contributed by atoms with van der Waals surface area (Å²) in [6.07, 6.45) is 1.80. The molecule has 0 saturated heterocycles. The van der Waals surface area contributed by atoms with E-state index in [0.717, 1.165) is 33.7 Å². The summed E-state index contributed by atoms with van der Waals surface area (Å²) in [6, 6.07) is 9.18. The zero-order valence-corrected chi connectivity index (χ0v) is 17.0. The van der Waals surface area contributed by atoms with Crippen molar-refractivity contribution >= 4 is 38.3 Å². The number of pyridine rings is 2. The molecule has 4 rings (SSSR count). The molecule has 2 N–H and O–H groups in total. The number of anilines is 1. The van der Waals surface area contributed by atoms with Crippen molar-refractivity contribution in [3.05, 3.63) is 46.9 Å². The number of nitrogens with two attached hydrogens (primary N) is 1. The van der Waals surface area contributed by atoms with Crippen LogP contribution < -0.4 is 20.8 Å². The van der Waals surface area contributed by atoms with Gasteiger partial charge in [-0.15, -0.1) is 0 Å². The van der Waals surface area contributed by atoms with Crippen LogP contribution >= 0.6 is 0 Å². The molecule has 0 aliphatic carbocycles. The van der Waals surface area contributed by atoms with Crippen LogP contribution in [-0.4, -0.2) is 49.3 Å². The molecule has 0 amide bonds. The molecule has 0 bridgehead atoms. The maximum atomic E-state index is 13.5. The van der Waals surface area contributed by atoms with Gasteiger partial charge in [0, 0.05) is 41.1 Å². The summed E-state index contributed by atoms with van der Waals surface area (Å²) in [4.78, 5) is 20.2. The lowest BCUT2D eigenvalue weighted by atomic mass is 10.0. The van der Waals surface area contributed by atoms with Gasteiger partial charge >= 0.3 is 0 Å². The standard InChI is InChI=1S/C22H24N4O3/c1-25(2)7-8-26-21-14-6-5-13(23)9-18(14)24-12-17(21)15-10-19(28-3)20(29-4)11-16(15)22(26)27/h5-6,9-12H,7-8,23H2,1-4H3. The van der Waals surface area contributed by atoms with E-state index in [1.54, 1.807) is 26.5 Å². The van der Waals surface area contributed by atoms with Crippen LogP contribution in [0.1, 0.15) is 0 Å². The number of likely N-dealkylation sites (N-methyl/N-ethyl adjacent to an activating group) is 1. The van der Waals surface area contributed by atoms with E-state index in [-0.39, 0.29) is 5.56 Å². The van der Waals surface area contributed by atoms with Gasteiger partial charge in [-0.05, 0) is 44.4 Å². The van der Waals surface area contributed by atoms with Gasteiger partial charge in [0.15, 0.2) is 11.5 Å². The van der Waals surface area contributed by atoms with Crippen LogP contribution in [0.3, 0.4) is 0 Å². The van der Waals surface area contributed by atoms with Gasteiger partial charge in [-0.25, -0.2) is 0 Å². The average Bonchev–Trinajstić information content (AvgIpc) is 2.71. The first-order valence-electron chi connectivity index (χ1n) is 9.35. The number of aromatic nitrogens is 2. The molecular formula is C22H24N4O3. The maximum Gasteiger partial charge on any atom is 0.259 e. The molecule has 0 atom stereocenters. The van der Waals surface area contributed by atoms with Gasteiger partial charge in [0.25, 0.3) is 5.56 Å². The van der Waals surface area contributed by atoms with Crippen molar-refractivity contribution in [2.24, 2.45) is 0 Å². The summed E-state index contributed by atoms with van der Waals surface area (Å²) in [5.74, 6) is 1.10. The molecule has 0 aliphatic heterocycles. The van der Waals surface area contributed by atoms with Crippen molar-refractivity contribution in [1.82, 2.24) is 14.5 Å². The Labute approximate surface area is 168 Å². The fourth-order valence-electron chi connectivity index (χ4n) is 3.72. The summed E-state index contributed by atoms with van der Waals surface area (Å²) >= 11 is 0. The Hall–Kier alpha value is -3.32. The molecular weight excluding hydrogens is 368 g/mol. The van der Waals surface area contributed by atoms with Crippen molar-refractivity contribution < 1.29 is 9.47 Å². The molecule has 7 heteroatoms. The lowest BCUT2D eigenvalue weighted by Gasteiger charge is -2.18. The number of fused-ring (bicyclic) bond motifs is 5. The summed E-state index contributed by atoms with van der Waals surface area (Å²) in [5, 5.41) is 3.14. The Morgan fingerprint density at radius 3 is 2.34 bits per heavy atom. The SMILES string of the molecule is COc1cc2c(=O)n(CCN(C)C)c3c4ccc(N)cc4ncc3c2cc1OC. The van der Waals surface area contributed by atoms with E-state index in [0.29, 0.717) is 29.1 Å². The number of methoxy groups -OCH3 is 2. The van der Waals surface area contributed by atoms with Gasteiger partial charge in [-0.1, -0.05) is 0 Å². The summed E-state index contributed by atoms with van der Waals surface area (Å²) < 4.78 is 12.7. The molecule has 0 aliphatic rings. The number of hydrogen-bond donors (Lipinski definition) is 1. The zero-order chi connectivity index (χ0) is 20.7. The fraction of sp³-hybridized carbons (Fsp3) is 0.273. The molecule has 7 nitrogen and oxygen atoms in total. The largest absolute Gasteiger partial charge is 0.493 e. The highest BCUT2D eigenvalue weighted by Gasteiger charge is 2.17. The molecule has 0 radical (unpaired) electrons. The Balaban J connectivity index is 2.20. The number of ether oxygens (including phenoxy) is 2. The third-order valence-electron chi connectivity index (χ3n) is 5.19.